The van der Waals surface area contributed by atoms with Crippen LogP contribution in [0.25, 0.3) is 0 Å². The van der Waals surface area contributed by atoms with Gasteiger partial charge < -0.3 is 24.8 Å². The van der Waals surface area contributed by atoms with Gasteiger partial charge in [-0.15, -0.1) is 0 Å². The Balaban J connectivity index is 0.000000648. The molecule has 0 saturated carbocycles. The van der Waals surface area contributed by atoms with Gasteiger partial charge in [0.2, 0.25) is 0 Å². The molecule has 0 aliphatic carbocycles. The Kier molecular flexibility index (Phi) is 16.2. The van der Waals surface area contributed by atoms with Crippen molar-refractivity contribution in [1.82, 2.24) is 0 Å². The third kappa shape index (κ3) is 10.8. The van der Waals surface area contributed by atoms with Gasteiger partial charge in [0, 0.05) is 0 Å². The van der Waals surface area contributed by atoms with Crippen molar-refractivity contribution in [1.29, 1.82) is 0 Å². The summed E-state index contributed by atoms with van der Waals surface area (Å²) in [6, 6.07) is 43.5. The SMILES string of the molecule is CC(C)(C)P(c1ccccc1)c1ccccc1.CC(C)(C)P(c1ccccc1)c1ccccc1.[Cl-].[Cl-].[Co+2]. The standard InChI is InChI=1S/2C16H19P.2ClH.Co/c2*1-16(2,3)17(14-10-6-4-7-11-14)15-12-8-5-9-13-15;;;/h2*4-13H,1-3H3;2*1H;/q;;;;+2/p-2. The fourth-order valence-corrected chi connectivity index (χ4v) is 9.73. The van der Waals surface area contributed by atoms with E-state index in [1.807, 2.05) is 0 Å². The molecule has 37 heavy (non-hydrogen) atoms. The van der Waals surface area contributed by atoms with Gasteiger partial charge in [-0.05, 0) is 47.4 Å². The summed E-state index contributed by atoms with van der Waals surface area (Å²) in [5.41, 5.74) is 0. The molecule has 0 atom stereocenters. The summed E-state index contributed by atoms with van der Waals surface area (Å²) in [5, 5.41) is 6.42. The van der Waals surface area contributed by atoms with Gasteiger partial charge in [-0.1, -0.05) is 163 Å². The van der Waals surface area contributed by atoms with Crippen LogP contribution in [0.2, 0.25) is 0 Å². The van der Waals surface area contributed by atoms with E-state index >= 15 is 0 Å². The van der Waals surface area contributed by atoms with Crippen LogP contribution >= 0.6 is 15.8 Å². The number of rotatable bonds is 4. The number of benzene rings is 4. The van der Waals surface area contributed by atoms with Crippen molar-refractivity contribution in [2.24, 2.45) is 0 Å². The van der Waals surface area contributed by atoms with E-state index in [1.54, 1.807) is 0 Å². The van der Waals surface area contributed by atoms with Gasteiger partial charge >= 0.3 is 16.8 Å². The summed E-state index contributed by atoms with van der Waals surface area (Å²) in [6.07, 6.45) is 0. The van der Waals surface area contributed by atoms with Gasteiger partial charge in [0.1, 0.15) is 0 Å². The molecule has 0 heterocycles. The second-order valence-electron chi connectivity index (χ2n) is 10.4. The Bertz CT molecular complexity index is 940. The minimum Gasteiger partial charge on any atom is -1.00 e. The molecule has 0 fully saturated rings. The van der Waals surface area contributed by atoms with Crippen LogP contribution in [-0.2, 0) is 16.8 Å². The molecule has 4 rings (SSSR count). The molecule has 199 valence electrons. The van der Waals surface area contributed by atoms with Crippen molar-refractivity contribution < 1.29 is 41.6 Å². The molecule has 5 heteroatoms. The second kappa shape index (κ2) is 16.7. The van der Waals surface area contributed by atoms with Crippen LogP contribution in [0.5, 0.6) is 0 Å². The fourth-order valence-electron chi connectivity index (χ4n) is 4.16. The smallest absolute Gasteiger partial charge is 1.00 e. The molecule has 0 nitrogen and oxygen atoms in total. The second-order valence-corrected chi connectivity index (χ2v) is 16.4. The summed E-state index contributed by atoms with van der Waals surface area (Å²) in [5.74, 6) is 0. The number of halogens is 2. The molecule has 0 bridgehead atoms. The third-order valence-electron chi connectivity index (χ3n) is 5.40. The van der Waals surface area contributed by atoms with Gasteiger partial charge in [-0.25, -0.2) is 0 Å². The summed E-state index contributed by atoms with van der Waals surface area (Å²) < 4.78 is 0. The van der Waals surface area contributed by atoms with Crippen LogP contribution in [0.15, 0.2) is 121 Å². The normalized spacial score (nSPS) is 10.8. The first-order valence-electron chi connectivity index (χ1n) is 12.0. The van der Waals surface area contributed by atoms with Crippen LogP contribution in [0.1, 0.15) is 41.5 Å². The van der Waals surface area contributed by atoms with Crippen LogP contribution in [0, 0.1) is 0 Å². The maximum absolute atomic E-state index is 2.33. The van der Waals surface area contributed by atoms with E-state index in [9.17, 15) is 0 Å². The molecule has 0 N–H and O–H groups in total. The Morgan fingerprint density at radius 3 is 0.649 bits per heavy atom. The topological polar surface area (TPSA) is 0 Å². The van der Waals surface area contributed by atoms with Crippen molar-refractivity contribution in [3.8, 4) is 0 Å². The van der Waals surface area contributed by atoms with Crippen molar-refractivity contribution in [2.45, 2.75) is 51.9 Å². The quantitative estimate of drug-likeness (QED) is 0.308. The summed E-state index contributed by atoms with van der Waals surface area (Å²) >= 11 is 0. The summed E-state index contributed by atoms with van der Waals surface area (Å²) in [7, 11) is -0.584. The van der Waals surface area contributed by atoms with E-state index in [1.165, 1.54) is 21.2 Å². The Morgan fingerprint density at radius 1 is 0.351 bits per heavy atom. The van der Waals surface area contributed by atoms with Crippen molar-refractivity contribution >= 4 is 37.1 Å². The van der Waals surface area contributed by atoms with Crippen LogP contribution < -0.4 is 46.0 Å². The molecule has 0 unspecified atom stereocenters. The van der Waals surface area contributed by atoms with Crippen LogP contribution in [0.3, 0.4) is 0 Å². The molecule has 4 aromatic rings. The van der Waals surface area contributed by atoms with E-state index in [0.29, 0.717) is 0 Å². The largest absolute Gasteiger partial charge is 2.00 e. The predicted octanol–water partition coefficient (Wildman–Crippen LogP) is 1.84. The average molecular weight is 614 g/mol. The first-order chi connectivity index (χ1) is 16.2. The third-order valence-corrected chi connectivity index (χ3v) is 11.3. The molecule has 0 saturated heterocycles. The molecular formula is C32H38Cl2CoP2. The average Bonchev–Trinajstić information content (AvgIpc) is 2.81. The monoisotopic (exact) mass is 613 g/mol. The van der Waals surface area contributed by atoms with E-state index in [0.717, 1.165) is 0 Å². The predicted molar refractivity (Wildman–Crippen MR) is 158 cm³/mol. The molecule has 1 radical (unpaired) electrons. The Morgan fingerprint density at radius 2 is 0.514 bits per heavy atom. The van der Waals surface area contributed by atoms with Gasteiger partial charge in [0.25, 0.3) is 0 Å². The van der Waals surface area contributed by atoms with Crippen LogP contribution in [0.4, 0.5) is 0 Å². The van der Waals surface area contributed by atoms with Gasteiger partial charge in [0.05, 0.1) is 0 Å². The zero-order chi connectivity index (χ0) is 24.6. The zero-order valence-electron chi connectivity index (χ0n) is 22.5. The van der Waals surface area contributed by atoms with Crippen LogP contribution in [-0.4, -0.2) is 10.3 Å². The first kappa shape index (κ1) is 35.8. The Hall–Kier alpha value is -1.17. The van der Waals surface area contributed by atoms with Crippen molar-refractivity contribution in [2.75, 3.05) is 0 Å². The summed E-state index contributed by atoms with van der Waals surface area (Å²) in [4.78, 5) is 0. The van der Waals surface area contributed by atoms with Gasteiger partial charge in [-0.2, -0.15) is 0 Å². The molecular weight excluding hydrogens is 576 g/mol. The zero-order valence-corrected chi connectivity index (χ0v) is 26.9. The molecule has 4 aromatic carbocycles. The van der Waals surface area contributed by atoms with E-state index in [-0.39, 0.29) is 67.7 Å². The summed E-state index contributed by atoms with van der Waals surface area (Å²) in [6.45, 7) is 14.0. The minimum absolute atomic E-state index is 0. The maximum atomic E-state index is 2.33. The Labute approximate surface area is 250 Å². The molecule has 0 amide bonds. The van der Waals surface area contributed by atoms with Gasteiger partial charge in [0.15, 0.2) is 0 Å². The first-order valence-corrected chi connectivity index (χ1v) is 14.7. The number of hydrogen-bond donors (Lipinski definition) is 0. The maximum Gasteiger partial charge on any atom is 2.00 e. The van der Waals surface area contributed by atoms with Crippen molar-refractivity contribution in [3.63, 3.8) is 0 Å². The van der Waals surface area contributed by atoms with Crippen molar-refractivity contribution in [3.05, 3.63) is 121 Å². The fraction of sp³-hybridized carbons (Fsp3) is 0.250. The van der Waals surface area contributed by atoms with Gasteiger partial charge in [-0.3, -0.25) is 0 Å². The molecule has 0 aromatic heterocycles. The molecule has 0 spiro atoms. The molecule has 0 aliphatic rings. The minimum atomic E-state index is -0.292. The van der Waals surface area contributed by atoms with E-state index in [4.69, 9.17) is 0 Å². The number of hydrogen-bond acceptors (Lipinski definition) is 0. The van der Waals surface area contributed by atoms with E-state index in [2.05, 4.69) is 163 Å². The van der Waals surface area contributed by atoms with E-state index < -0.39 is 0 Å². The molecule has 0 aliphatic heterocycles.